The molecule has 5 unspecified atom stereocenters. The van der Waals surface area contributed by atoms with Gasteiger partial charge in [-0.1, -0.05) is 58.1 Å². The molecule has 0 rings (SSSR count). The molecule has 0 saturated carbocycles. The van der Waals surface area contributed by atoms with Crippen molar-refractivity contribution >= 4 is 0 Å². The fourth-order valence-electron chi connectivity index (χ4n) is 2.25. The number of hydrogen-bond donors (Lipinski definition) is 3. The molecular weight excluding hydrogens is 264 g/mol. The predicted molar refractivity (Wildman–Crippen MR) is 86.2 cm³/mol. The summed E-state index contributed by atoms with van der Waals surface area (Å²) in [6.45, 7) is 9.66. The first-order chi connectivity index (χ1) is 9.92. The maximum absolute atomic E-state index is 10.1. The summed E-state index contributed by atoms with van der Waals surface area (Å²) in [5, 5.41) is 29.1. The molecule has 0 aromatic rings. The lowest BCUT2D eigenvalue weighted by molar-refractivity contribution is -0.0152. The van der Waals surface area contributed by atoms with Crippen LogP contribution in [-0.4, -0.2) is 33.6 Å². The van der Waals surface area contributed by atoms with Crippen LogP contribution in [0.1, 0.15) is 46.5 Å². The van der Waals surface area contributed by atoms with Crippen LogP contribution in [0.4, 0.5) is 0 Å². The summed E-state index contributed by atoms with van der Waals surface area (Å²) >= 11 is 0. The van der Waals surface area contributed by atoms with E-state index in [9.17, 15) is 10.2 Å². The van der Waals surface area contributed by atoms with E-state index < -0.39 is 18.3 Å². The average Bonchev–Trinajstić information content (AvgIpc) is 2.45. The molecule has 3 nitrogen and oxygen atoms in total. The van der Waals surface area contributed by atoms with Crippen molar-refractivity contribution in [1.29, 1.82) is 0 Å². The van der Waals surface area contributed by atoms with Crippen LogP contribution >= 0.6 is 0 Å². The van der Waals surface area contributed by atoms with Gasteiger partial charge in [0.25, 0.3) is 0 Å². The molecule has 0 aliphatic heterocycles. The molecule has 0 aromatic carbocycles. The van der Waals surface area contributed by atoms with Crippen LogP contribution in [0.3, 0.4) is 0 Å². The second kappa shape index (κ2) is 11.4. The molecule has 3 N–H and O–H groups in total. The second-order valence-electron chi connectivity index (χ2n) is 5.62. The topological polar surface area (TPSA) is 60.7 Å². The highest BCUT2D eigenvalue weighted by Crippen LogP contribution is 2.21. The van der Waals surface area contributed by atoms with Gasteiger partial charge in [0.2, 0.25) is 0 Å². The maximum atomic E-state index is 10.1. The van der Waals surface area contributed by atoms with Crippen LogP contribution < -0.4 is 0 Å². The Labute approximate surface area is 129 Å². The SMILES string of the molecule is C=CC(O)C#CC#CCC(O)C(O)C(C)CC(C)CCC. The van der Waals surface area contributed by atoms with Crippen LogP contribution in [0, 0.1) is 35.5 Å². The van der Waals surface area contributed by atoms with Gasteiger partial charge in [0.1, 0.15) is 6.10 Å². The predicted octanol–water partition coefficient (Wildman–Crippen LogP) is 2.11. The molecule has 0 aromatic heterocycles. The van der Waals surface area contributed by atoms with E-state index in [0.717, 1.165) is 19.3 Å². The van der Waals surface area contributed by atoms with Crippen LogP contribution in [0.15, 0.2) is 12.7 Å². The summed E-state index contributed by atoms with van der Waals surface area (Å²) in [4.78, 5) is 0. The van der Waals surface area contributed by atoms with Crippen molar-refractivity contribution < 1.29 is 15.3 Å². The Kier molecular flexibility index (Phi) is 10.7. The van der Waals surface area contributed by atoms with E-state index in [0.29, 0.717) is 5.92 Å². The molecule has 0 aliphatic carbocycles. The normalized spacial score (nSPS) is 17.2. The van der Waals surface area contributed by atoms with Crippen LogP contribution in [0.25, 0.3) is 0 Å². The van der Waals surface area contributed by atoms with Gasteiger partial charge in [-0.15, -0.1) is 0 Å². The van der Waals surface area contributed by atoms with Gasteiger partial charge < -0.3 is 15.3 Å². The highest BCUT2D eigenvalue weighted by molar-refractivity contribution is 5.28. The van der Waals surface area contributed by atoms with E-state index in [2.05, 4.69) is 44.1 Å². The molecule has 0 amide bonds. The van der Waals surface area contributed by atoms with Gasteiger partial charge in [0.05, 0.1) is 12.2 Å². The quantitative estimate of drug-likeness (QED) is 0.474. The highest BCUT2D eigenvalue weighted by Gasteiger charge is 2.23. The molecule has 0 bridgehead atoms. The fourth-order valence-corrected chi connectivity index (χ4v) is 2.25. The monoisotopic (exact) mass is 292 g/mol. The van der Waals surface area contributed by atoms with Crippen molar-refractivity contribution in [3.8, 4) is 23.7 Å². The van der Waals surface area contributed by atoms with Crippen molar-refractivity contribution in [2.45, 2.75) is 64.8 Å². The Morgan fingerprint density at radius 1 is 1.14 bits per heavy atom. The van der Waals surface area contributed by atoms with Gasteiger partial charge >= 0.3 is 0 Å². The standard InChI is InChI=1S/C18H28O3/c1-5-10-14(3)13-15(4)18(21)17(20)12-9-7-8-11-16(19)6-2/h6,14-21H,2,5,10,12-13H2,1,3-4H3. The lowest BCUT2D eigenvalue weighted by Gasteiger charge is -2.25. The average molecular weight is 292 g/mol. The van der Waals surface area contributed by atoms with E-state index >= 15 is 0 Å². The molecule has 5 atom stereocenters. The molecule has 3 heteroatoms. The summed E-state index contributed by atoms with van der Waals surface area (Å²) in [7, 11) is 0. The Bertz CT molecular complexity index is 408. The van der Waals surface area contributed by atoms with Crippen molar-refractivity contribution in [2.75, 3.05) is 0 Å². The number of aliphatic hydroxyl groups is 3. The van der Waals surface area contributed by atoms with Gasteiger partial charge in [-0.25, -0.2) is 0 Å². The lowest BCUT2D eigenvalue weighted by atomic mass is 9.87. The molecule has 0 spiro atoms. The van der Waals surface area contributed by atoms with Crippen molar-refractivity contribution in [3.63, 3.8) is 0 Å². The molecular formula is C18H28O3. The first-order valence-electron chi connectivity index (χ1n) is 7.57. The maximum Gasteiger partial charge on any atom is 0.134 e. The molecule has 21 heavy (non-hydrogen) atoms. The minimum Gasteiger partial charge on any atom is -0.390 e. The summed E-state index contributed by atoms with van der Waals surface area (Å²) in [5.74, 6) is 10.8. The van der Waals surface area contributed by atoms with Crippen LogP contribution in [0.2, 0.25) is 0 Å². The summed E-state index contributed by atoms with van der Waals surface area (Å²) in [6, 6.07) is 0. The van der Waals surface area contributed by atoms with Crippen molar-refractivity contribution in [2.24, 2.45) is 11.8 Å². The Balaban J connectivity index is 4.25. The zero-order valence-corrected chi connectivity index (χ0v) is 13.3. The molecule has 0 radical (unpaired) electrons. The molecule has 0 aliphatic rings. The van der Waals surface area contributed by atoms with Crippen LogP contribution in [0.5, 0.6) is 0 Å². The highest BCUT2D eigenvalue weighted by atomic mass is 16.3. The Hall–Kier alpha value is -1.26. The minimum absolute atomic E-state index is 0.0389. The third-order valence-electron chi connectivity index (χ3n) is 3.44. The Morgan fingerprint density at radius 3 is 2.38 bits per heavy atom. The lowest BCUT2D eigenvalue weighted by Crippen LogP contribution is -2.32. The zero-order chi connectivity index (χ0) is 16.3. The minimum atomic E-state index is -0.880. The van der Waals surface area contributed by atoms with Crippen LogP contribution in [-0.2, 0) is 0 Å². The summed E-state index contributed by atoms with van der Waals surface area (Å²) in [6.07, 6.45) is 2.12. The first kappa shape index (κ1) is 19.7. The molecule has 0 fully saturated rings. The van der Waals surface area contributed by atoms with Crippen molar-refractivity contribution in [1.82, 2.24) is 0 Å². The van der Waals surface area contributed by atoms with Crippen molar-refractivity contribution in [3.05, 3.63) is 12.7 Å². The largest absolute Gasteiger partial charge is 0.390 e. The third-order valence-corrected chi connectivity index (χ3v) is 3.44. The first-order valence-corrected chi connectivity index (χ1v) is 7.57. The zero-order valence-electron chi connectivity index (χ0n) is 13.3. The second-order valence-corrected chi connectivity index (χ2v) is 5.62. The van der Waals surface area contributed by atoms with E-state index in [1.165, 1.54) is 6.08 Å². The smallest absolute Gasteiger partial charge is 0.134 e. The number of rotatable bonds is 8. The summed E-state index contributed by atoms with van der Waals surface area (Å²) in [5.41, 5.74) is 0. The van der Waals surface area contributed by atoms with Gasteiger partial charge in [0, 0.05) is 6.42 Å². The van der Waals surface area contributed by atoms with Gasteiger partial charge in [-0.2, -0.15) is 0 Å². The number of hydrogen-bond acceptors (Lipinski definition) is 3. The third kappa shape index (κ3) is 9.32. The van der Waals surface area contributed by atoms with E-state index in [1.54, 1.807) is 0 Å². The molecule has 0 saturated heterocycles. The van der Waals surface area contributed by atoms with E-state index in [1.807, 2.05) is 6.92 Å². The van der Waals surface area contributed by atoms with E-state index in [4.69, 9.17) is 5.11 Å². The molecule has 0 heterocycles. The van der Waals surface area contributed by atoms with Gasteiger partial charge in [0.15, 0.2) is 0 Å². The summed E-state index contributed by atoms with van der Waals surface area (Å²) < 4.78 is 0. The number of aliphatic hydroxyl groups excluding tert-OH is 3. The van der Waals surface area contributed by atoms with E-state index in [-0.39, 0.29) is 12.3 Å². The fraction of sp³-hybridized carbons (Fsp3) is 0.667. The Morgan fingerprint density at radius 2 is 1.81 bits per heavy atom. The van der Waals surface area contributed by atoms with Gasteiger partial charge in [-0.05, 0) is 30.1 Å². The van der Waals surface area contributed by atoms with Gasteiger partial charge in [-0.3, -0.25) is 0 Å². The molecule has 118 valence electrons.